The molecule has 0 radical (unpaired) electrons. The van der Waals surface area contributed by atoms with Gasteiger partial charge in [0, 0.05) is 30.3 Å². The highest BCUT2D eigenvalue weighted by atomic mass is 19.1. The monoisotopic (exact) mass is 444 g/mol. The first-order chi connectivity index (χ1) is 16.1. The minimum atomic E-state index is -0.532. The fourth-order valence-corrected chi connectivity index (χ4v) is 4.14. The van der Waals surface area contributed by atoms with Crippen LogP contribution in [0.3, 0.4) is 0 Å². The molecule has 5 aromatic rings. The predicted octanol–water partition coefficient (Wildman–Crippen LogP) is 3.81. The summed E-state index contributed by atoms with van der Waals surface area (Å²) in [4.78, 5) is 12.1. The van der Waals surface area contributed by atoms with E-state index in [4.69, 9.17) is 11.3 Å². The minimum Gasteiger partial charge on any atom is -0.493 e. The molecule has 0 unspecified atom stereocenters. The van der Waals surface area contributed by atoms with Crippen LogP contribution in [-0.2, 0) is 13.0 Å². The van der Waals surface area contributed by atoms with Gasteiger partial charge >= 0.3 is 0 Å². The number of nitrogens with zero attached hydrogens (tertiary/aromatic N) is 7. The second kappa shape index (κ2) is 7.23. The summed E-state index contributed by atoms with van der Waals surface area (Å²) >= 11 is 0. The Morgan fingerprint density at radius 2 is 2.03 bits per heavy atom. The smallest absolute Gasteiger partial charge is 0.254 e. The molecule has 0 aliphatic carbocycles. The van der Waals surface area contributed by atoms with Crippen molar-refractivity contribution in [3.05, 3.63) is 77.3 Å². The second-order valence-corrected chi connectivity index (χ2v) is 7.47. The van der Waals surface area contributed by atoms with Gasteiger partial charge in [0.1, 0.15) is 24.1 Å². The third-order valence-corrected chi connectivity index (χ3v) is 5.65. The van der Waals surface area contributed by atoms with Crippen molar-refractivity contribution < 1.29 is 13.5 Å². The topological polar surface area (TPSA) is 86.0 Å². The third kappa shape index (κ3) is 2.95. The largest absolute Gasteiger partial charge is 0.493 e. The highest BCUT2D eigenvalue weighted by Crippen LogP contribution is 2.32. The quantitative estimate of drug-likeness (QED) is 0.424. The summed E-state index contributed by atoms with van der Waals surface area (Å²) < 4.78 is 37.4. The number of halogens is 2. The lowest BCUT2D eigenvalue weighted by atomic mass is 10.0. The van der Waals surface area contributed by atoms with Gasteiger partial charge in [-0.3, -0.25) is 4.40 Å². The molecule has 0 fully saturated rings. The van der Waals surface area contributed by atoms with Crippen molar-refractivity contribution in [1.82, 2.24) is 29.0 Å². The van der Waals surface area contributed by atoms with Crippen molar-refractivity contribution in [3.8, 4) is 16.9 Å². The number of anilines is 1. The maximum absolute atomic E-state index is 14.5. The van der Waals surface area contributed by atoms with Gasteiger partial charge in [0.25, 0.3) is 5.82 Å². The van der Waals surface area contributed by atoms with Crippen LogP contribution >= 0.6 is 0 Å². The molecule has 1 aliphatic rings. The van der Waals surface area contributed by atoms with Crippen molar-refractivity contribution in [3.63, 3.8) is 0 Å². The Morgan fingerprint density at radius 1 is 1.12 bits per heavy atom. The second-order valence-electron chi connectivity index (χ2n) is 7.47. The minimum absolute atomic E-state index is 0.191. The van der Waals surface area contributed by atoms with Gasteiger partial charge in [-0.2, -0.15) is 0 Å². The lowest BCUT2D eigenvalue weighted by molar-refractivity contribution is 0.356. The number of rotatable bonds is 4. The normalized spacial score (nSPS) is 12.6. The summed E-state index contributed by atoms with van der Waals surface area (Å²) in [5, 5.41) is 11.3. The number of hydrogen-bond donors (Lipinski definition) is 1. The van der Waals surface area contributed by atoms with Gasteiger partial charge in [-0.25, -0.2) is 23.1 Å². The molecule has 4 aromatic heterocycles. The van der Waals surface area contributed by atoms with Crippen molar-refractivity contribution in [1.29, 1.82) is 0 Å². The number of nitrogens with one attached hydrogen (secondary N) is 1. The summed E-state index contributed by atoms with van der Waals surface area (Å²) in [5.74, 6) is 0.430. The molecule has 0 amide bonds. The molecule has 9 nitrogen and oxygen atoms in total. The van der Waals surface area contributed by atoms with Crippen molar-refractivity contribution >= 4 is 23.1 Å². The van der Waals surface area contributed by atoms with E-state index in [2.05, 4.69) is 30.3 Å². The van der Waals surface area contributed by atoms with Gasteiger partial charge < -0.3 is 14.9 Å². The SMILES string of the molecule is [C-]#[N+]c1cnc2c(-c3cnc(NCc4c(F)ccc5c4CCO5)n4cnnc34)cc(F)cn12. The van der Waals surface area contributed by atoms with Crippen molar-refractivity contribution in [2.45, 2.75) is 13.0 Å². The summed E-state index contributed by atoms with van der Waals surface area (Å²) in [6.07, 6.45) is 6.23. The van der Waals surface area contributed by atoms with Crippen LogP contribution in [0.15, 0.2) is 43.1 Å². The molecule has 0 spiro atoms. The van der Waals surface area contributed by atoms with E-state index < -0.39 is 5.82 Å². The summed E-state index contributed by atoms with van der Waals surface area (Å²) in [7, 11) is 0. The molecule has 1 aliphatic heterocycles. The number of aromatic nitrogens is 6. The van der Waals surface area contributed by atoms with Gasteiger partial charge in [-0.1, -0.05) is 6.57 Å². The maximum atomic E-state index is 14.5. The van der Waals surface area contributed by atoms with Gasteiger partial charge in [-0.05, 0) is 18.2 Å². The molecule has 1 aromatic carbocycles. The first-order valence-corrected chi connectivity index (χ1v) is 10.0. The first-order valence-electron chi connectivity index (χ1n) is 10.0. The van der Waals surface area contributed by atoms with Crippen LogP contribution in [0.1, 0.15) is 11.1 Å². The zero-order valence-electron chi connectivity index (χ0n) is 17.0. The Hall–Kier alpha value is -4.59. The molecule has 33 heavy (non-hydrogen) atoms. The van der Waals surface area contributed by atoms with Crippen LogP contribution < -0.4 is 10.1 Å². The fraction of sp³-hybridized carbons (Fsp3) is 0.136. The van der Waals surface area contributed by atoms with E-state index in [0.717, 1.165) is 5.56 Å². The number of benzene rings is 1. The molecule has 6 rings (SSSR count). The molecular weight excluding hydrogens is 430 g/mol. The van der Waals surface area contributed by atoms with E-state index in [1.54, 1.807) is 10.5 Å². The van der Waals surface area contributed by atoms with Crippen LogP contribution in [0.5, 0.6) is 5.75 Å². The molecule has 11 heteroatoms. The van der Waals surface area contributed by atoms with Gasteiger partial charge in [0.05, 0.1) is 23.9 Å². The summed E-state index contributed by atoms with van der Waals surface area (Å²) in [5.41, 5.74) is 3.09. The van der Waals surface area contributed by atoms with E-state index in [0.29, 0.717) is 52.7 Å². The standard InChI is InChI=1S/C22H14F2N8O/c1-25-19-9-26-20-14(6-12(23)10-31(19)20)16-8-28-22(32-11-29-30-21(16)32)27-7-15-13-4-5-33-18(13)3-2-17(15)24/h2-3,6,8-11H,4-5,7H2,(H,27,28). The van der Waals surface area contributed by atoms with Crippen molar-refractivity contribution in [2.75, 3.05) is 11.9 Å². The first kappa shape index (κ1) is 19.1. The number of hydrogen-bond acceptors (Lipinski definition) is 6. The molecule has 162 valence electrons. The maximum Gasteiger partial charge on any atom is 0.254 e. The lowest BCUT2D eigenvalue weighted by Crippen LogP contribution is -2.10. The fourth-order valence-electron chi connectivity index (χ4n) is 4.14. The molecule has 0 saturated carbocycles. The zero-order chi connectivity index (χ0) is 22.5. The number of ether oxygens (including phenoxy) is 1. The van der Waals surface area contributed by atoms with Crippen LogP contribution in [-0.4, -0.2) is 35.6 Å². The molecule has 1 N–H and O–H groups in total. The molecular formula is C22H14F2N8O. The molecule has 0 atom stereocenters. The third-order valence-electron chi connectivity index (χ3n) is 5.65. The van der Waals surface area contributed by atoms with Crippen molar-refractivity contribution in [2.24, 2.45) is 0 Å². The Labute approximate surface area is 185 Å². The average Bonchev–Trinajstić information content (AvgIpc) is 3.56. The Bertz CT molecular complexity index is 1600. The summed E-state index contributed by atoms with van der Waals surface area (Å²) in [6.45, 7) is 7.98. The number of fused-ring (bicyclic) bond motifs is 3. The highest BCUT2D eigenvalue weighted by molar-refractivity contribution is 5.86. The van der Waals surface area contributed by atoms with Gasteiger partial charge in [0.15, 0.2) is 11.5 Å². The van der Waals surface area contributed by atoms with Crippen LogP contribution in [0, 0.1) is 18.2 Å². The molecule has 0 saturated heterocycles. The van der Waals surface area contributed by atoms with Crippen LogP contribution in [0.2, 0.25) is 0 Å². The summed E-state index contributed by atoms with van der Waals surface area (Å²) in [6, 6.07) is 4.35. The van der Waals surface area contributed by atoms with Crippen LogP contribution in [0.25, 0.3) is 27.3 Å². The van der Waals surface area contributed by atoms with E-state index in [-0.39, 0.29) is 18.2 Å². The van der Waals surface area contributed by atoms with E-state index in [1.165, 1.54) is 41.5 Å². The molecule has 5 heterocycles. The predicted molar refractivity (Wildman–Crippen MR) is 114 cm³/mol. The average molecular weight is 444 g/mol. The number of pyridine rings is 1. The highest BCUT2D eigenvalue weighted by Gasteiger charge is 2.21. The Balaban J connectivity index is 1.42. The zero-order valence-corrected chi connectivity index (χ0v) is 17.0. The Kier molecular flexibility index (Phi) is 4.19. The molecule has 0 bridgehead atoms. The van der Waals surface area contributed by atoms with Gasteiger partial charge in [0.2, 0.25) is 11.6 Å². The lowest BCUT2D eigenvalue weighted by Gasteiger charge is -2.12. The van der Waals surface area contributed by atoms with Gasteiger partial charge in [-0.15, -0.1) is 10.2 Å². The number of imidazole rings is 1. The Morgan fingerprint density at radius 3 is 2.91 bits per heavy atom. The van der Waals surface area contributed by atoms with E-state index in [9.17, 15) is 8.78 Å². The van der Waals surface area contributed by atoms with E-state index in [1.807, 2.05) is 0 Å². The van der Waals surface area contributed by atoms with Crippen LogP contribution in [0.4, 0.5) is 20.5 Å². The van der Waals surface area contributed by atoms with E-state index >= 15 is 0 Å².